The van der Waals surface area contributed by atoms with Gasteiger partial charge in [0.25, 0.3) is 0 Å². The first-order valence-corrected chi connectivity index (χ1v) is 13.5. The topological polar surface area (TPSA) is 86.8 Å². The lowest BCUT2D eigenvalue weighted by Gasteiger charge is -2.34. The van der Waals surface area contributed by atoms with E-state index in [4.69, 9.17) is 23.2 Å². The van der Waals surface area contributed by atoms with Crippen molar-refractivity contribution in [1.29, 1.82) is 0 Å². The molecule has 0 heterocycles. The Balaban J connectivity index is 2.51. The summed E-state index contributed by atoms with van der Waals surface area (Å²) in [6.07, 6.45) is 1.13. The van der Waals surface area contributed by atoms with Gasteiger partial charge < -0.3 is 10.2 Å². The molecule has 35 heavy (non-hydrogen) atoms. The van der Waals surface area contributed by atoms with Crippen LogP contribution in [0.5, 0.6) is 0 Å². The van der Waals surface area contributed by atoms with Crippen LogP contribution in [0, 0.1) is 5.82 Å². The second-order valence-corrected chi connectivity index (χ2v) is 11.9. The molecule has 0 unspecified atom stereocenters. The van der Waals surface area contributed by atoms with Crippen molar-refractivity contribution in [2.75, 3.05) is 17.1 Å². The van der Waals surface area contributed by atoms with Gasteiger partial charge in [-0.25, -0.2) is 12.8 Å². The number of nitrogens with zero attached hydrogens (tertiary/aromatic N) is 2. The highest BCUT2D eigenvalue weighted by Gasteiger charge is 2.33. The third-order valence-corrected chi connectivity index (χ3v) is 6.75. The molecule has 1 N–H and O–H groups in total. The zero-order valence-corrected chi connectivity index (χ0v) is 22.6. The molecule has 0 aliphatic carbocycles. The average Bonchev–Trinajstić information content (AvgIpc) is 2.71. The number of hydrogen-bond donors (Lipinski definition) is 1. The largest absolute Gasteiger partial charge is 0.350 e. The van der Waals surface area contributed by atoms with E-state index in [0.717, 1.165) is 12.3 Å². The molecule has 0 aromatic heterocycles. The van der Waals surface area contributed by atoms with Gasteiger partial charge in [0.15, 0.2) is 0 Å². The Morgan fingerprint density at radius 1 is 1.11 bits per heavy atom. The number of nitrogens with one attached hydrogen (secondary N) is 1. The van der Waals surface area contributed by atoms with Crippen molar-refractivity contribution in [2.45, 2.75) is 52.2 Å². The monoisotopic (exact) mass is 545 g/mol. The molecule has 2 amide bonds. The maximum absolute atomic E-state index is 14.5. The Morgan fingerprint density at radius 3 is 2.26 bits per heavy atom. The van der Waals surface area contributed by atoms with E-state index in [1.54, 1.807) is 19.1 Å². The summed E-state index contributed by atoms with van der Waals surface area (Å²) in [4.78, 5) is 28.0. The van der Waals surface area contributed by atoms with Gasteiger partial charge in [-0.1, -0.05) is 48.3 Å². The molecular weight excluding hydrogens is 516 g/mol. The highest BCUT2D eigenvalue weighted by atomic mass is 35.5. The summed E-state index contributed by atoms with van der Waals surface area (Å²) in [7, 11) is -4.04. The predicted octanol–water partition coefficient (Wildman–Crippen LogP) is 4.62. The Hall–Kier alpha value is -2.36. The van der Waals surface area contributed by atoms with Crippen molar-refractivity contribution in [2.24, 2.45) is 0 Å². The van der Waals surface area contributed by atoms with Crippen molar-refractivity contribution in [3.63, 3.8) is 0 Å². The number of hydrogen-bond acceptors (Lipinski definition) is 4. The maximum atomic E-state index is 14.5. The number of amides is 2. The summed E-state index contributed by atoms with van der Waals surface area (Å²) in [5.41, 5.74) is -0.313. The molecule has 192 valence electrons. The van der Waals surface area contributed by atoms with E-state index in [0.29, 0.717) is 14.9 Å². The SMILES string of the molecule is CC[C@@H](C(=O)NC(C)(C)C)N(Cc1ccc(Cl)cc1Cl)C(=O)CN(c1ccccc1F)S(C)(=O)=O. The van der Waals surface area contributed by atoms with Gasteiger partial charge in [-0.2, -0.15) is 0 Å². The summed E-state index contributed by atoms with van der Waals surface area (Å²) >= 11 is 12.3. The summed E-state index contributed by atoms with van der Waals surface area (Å²) in [5, 5.41) is 3.55. The van der Waals surface area contributed by atoms with E-state index in [2.05, 4.69) is 5.32 Å². The van der Waals surface area contributed by atoms with E-state index in [1.165, 1.54) is 29.2 Å². The molecule has 0 fully saturated rings. The Kier molecular flexibility index (Phi) is 9.56. The molecule has 11 heteroatoms. The fourth-order valence-electron chi connectivity index (χ4n) is 3.45. The van der Waals surface area contributed by atoms with Crippen LogP contribution in [0.25, 0.3) is 0 Å². The zero-order chi connectivity index (χ0) is 26.6. The van der Waals surface area contributed by atoms with Gasteiger partial charge in [0.05, 0.1) is 11.9 Å². The van der Waals surface area contributed by atoms with Crippen molar-refractivity contribution in [3.05, 3.63) is 63.9 Å². The predicted molar refractivity (Wildman–Crippen MR) is 138 cm³/mol. The molecule has 0 aliphatic rings. The first kappa shape index (κ1) is 28.9. The molecule has 0 saturated carbocycles. The van der Waals surface area contributed by atoms with Gasteiger partial charge in [0, 0.05) is 22.1 Å². The van der Waals surface area contributed by atoms with Crippen LogP contribution >= 0.6 is 23.2 Å². The molecule has 0 radical (unpaired) electrons. The number of anilines is 1. The third kappa shape index (κ3) is 8.08. The molecule has 0 spiro atoms. The third-order valence-electron chi connectivity index (χ3n) is 5.04. The number of rotatable bonds is 9. The Bertz CT molecular complexity index is 1190. The number of benzene rings is 2. The van der Waals surface area contributed by atoms with Gasteiger partial charge in [-0.3, -0.25) is 13.9 Å². The lowest BCUT2D eigenvalue weighted by molar-refractivity contribution is -0.141. The van der Waals surface area contributed by atoms with E-state index in [9.17, 15) is 22.4 Å². The van der Waals surface area contributed by atoms with Crippen LogP contribution in [-0.2, 0) is 26.2 Å². The van der Waals surface area contributed by atoms with Gasteiger partial charge in [0.1, 0.15) is 18.4 Å². The highest BCUT2D eigenvalue weighted by molar-refractivity contribution is 7.92. The Labute approximate surface area is 216 Å². The van der Waals surface area contributed by atoms with Crippen LogP contribution in [0.1, 0.15) is 39.7 Å². The average molecular weight is 546 g/mol. The normalized spacial score (nSPS) is 12.7. The van der Waals surface area contributed by atoms with Crippen LogP contribution in [-0.4, -0.2) is 49.5 Å². The molecule has 0 aliphatic heterocycles. The van der Waals surface area contributed by atoms with E-state index >= 15 is 0 Å². The van der Waals surface area contributed by atoms with Gasteiger partial charge >= 0.3 is 0 Å². The fourth-order valence-corrected chi connectivity index (χ4v) is 4.77. The van der Waals surface area contributed by atoms with E-state index in [1.807, 2.05) is 20.8 Å². The van der Waals surface area contributed by atoms with E-state index in [-0.39, 0.29) is 23.7 Å². The molecule has 0 bridgehead atoms. The molecule has 7 nitrogen and oxygen atoms in total. The minimum atomic E-state index is -4.04. The number of sulfonamides is 1. The van der Waals surface area contributed by atoms with Gasteiger partial charge in [-0.05, 0) is 57.0 Å². The Morgan fingerprint density at radius 2 is 1.74 bits per heavy atom. The molecule has 2 aromatic carbocycles. The molecule has 0 saturated heterocycles. The molecule has 2 aromatic rings. The lowest BCUT2D eigenvalue weighted by Crippen LogP contribution is -2.55. The zero-order valence-electron chi connectivity index (χ0n) is 20.3. The number of para-hydroxylation sites is 1. The first-order chi connectivity index (χ1) is 16.1. The number of carbonyl (C=O) groups is 2. The minimum Gasteiger partial charge on any atom is -0.350 e. The second kappa shape index (κ2) is 11.6. The van der Waals surface area contributed by atoms with E-state index < -0.39 is 45.8 Å². The van der Waals surface area contributed by atoms with Crippen molar-refractivity contribution >= 4 is 50.7 Å². The number of halogens is 3. The smallest absolute Gasteiger partial charge is 0.244 e. The molecular formula is C24H30Cl2FN3O4S. The summed E-state index contributed by atoms with van der Waals surface area (Å²) in [6.45, 7) is 6.38. The lowest BCUT2D eigenvalue weighted by atomic mass is 10.1. The van der Waals surface area contributed by atoms with Crippen LogP contribution in [0.4, 0.5) is 10.1 Å². The van der Waals surface area contributed by atoms with Crippen molar-refractivity contribution < 1.29 is 22.4 Å². The van der Waals surface area contributed by atoms with Crippen LogP contribution in [0.3, 0.4) is 0 Å². The highest BCUT2D eigenvalue weighted by Crippen LogP contribution is 2.26. The van der Waals surface area contributed by atoms with Gasteiger partial charge in [-0.15, -0.1) is 0 Å². The summed E-state index contributed by atoms with van der Waals surface area (Å²) in [6, 6.07) is 9.07. The second-order valence-electron chi connectivity index (χ2n) is 9.14. The minimum absolute atomic E-state index is 0.0836. The molecule has 2 rings (SSSR count). The number of carbonyl (C=O) groups excluding carboxylic acids is 2. The quantitative estimate of drug-likeness (QED) is 0.498. The fraction of sp³-hybridized carbons (Fsp3) is 0.417. The van der Waals surface area contributed by atoms with Crippen LogP contribution < -0.4 is 9.62 Å². The van der Waals surface area contributed by atoms with Crippen LogP contribution in [0.15, 0.2) is 42.5 Å². The van der Waals surface area contributed by atoms with Crippen LogP contribution in [0.2, 0.25) is 10.0 Å². The first-order valence-electron chi connectivity index (χ1n) is 10.9. The van der Waals surface area contributed by atoms with Gasteiger partial charge in [0.2, 0.25) is 21.8 Å². The summed E-state index contributed by atoms with van der Waals surface area (Å²) in [5.74, 6) is -1.90. The standard InChI is InChI=1S/C24H30Cl2FN3O4S/c1-6-20(23(32)28-24(2,3)4)29(14-16-11-12-17(25)13-18(16)26)22(31)15-30(35(5,33)34)21-10-8-7-9-19(21)27/h7-13,20H,6,14-15H2,1-5H3,(H,28,32)/t20-/m0/s1. The molecule has 1 atom stereocenters. The van der Waals surface area contributed by atoms with Crippen molar-refractivity contribution in [1.82, 2.24) is 10.2 Å². The summed E-state index contributed by atoms with van der Waals surface area (Å²) < 4.78 is 40.2. The maximum Gasteiger partial charge on any atom is 0.244 e. The van der Waals surface area contributed by atoms with Crippen molar-refractivity contribution in [3.8, 4) is 0 Å².